The van der Waals surface area contributed by atoms with Gasteiger partial charge in [0.15, 0.2) is 0 Å². The van der Waals surface area contributed by atoms with Crippen LogP contribution in [0.15, 0.2) is 53.6 Å². The maximum Gasteiger partial charge on any atom is 0.318 e. The molecular weight excluding hydrogens is 388 g/mol. The fraction of sp³-hybridized carbons (Fsp3) is 0.400. The summed E-state index contributed by atoms with van der Waals surface area (Å²) < 4.78 is 0. The monoisotopic (exact) mass is 420 g/mol. The highest BCUT2D eigenvalue weighted by Gasteiger charge is 2.34. The number of likely N-dealkylation sites (N-methyl/N-ethyl adjacent to an activating group) is 1. The van der Waals surface area contributed by atoms with Gasteiger partial charge in [-0.3, -0.25) is 4.79 Å². The normalized spacial score (nSPS) is 16.1. The minimum atomic E-state index is -0.372. The van der Waals surface area contributed by atoms with Crippen molar-refractivity contribution in [2.75, 3.05) is 13.6 Å². The molecule has 1 aliphatic rings. The molecule has 0 aliphatic carbocycles. The fourth-order valence-electron chi connectivity index (χ4n) is 3.53. The van der Waals surface area contributed by atoms with Crippen molar-refractivity contribution in [1.29, 1.82) is 0 Å². The quantitative estimate of drug-likeness (QED) is 0.796. The molecule has 0 radical (unpaired) electrons. The molecule has 2 aromatic carbocycles. The third-order valence-corrected chi connectivity index (χ3v) is 5.39. The molecule has 0 bridgehead atoms. The lowest BCUT2D eigenvalue weighted by molar-refractivity contribution is -0.133. The van der Waals surface area contributed by atoms with E-state index in [1.807, 2.05) is 51.1 Å². The Morgan fingerprint density at radius 2 is 1.77 bits per heavy atom. The largest absolute Gasteiger partial charge is 0.333 e. The molecule has 1 N–H and O–H groups in total. The second-order valence-corrected chi connectivity index (χ2v) is 9.25. The third-order valence-electron chi connectivity index (χ3n) is 5.39. The summed E-state index contributed by atoms with van der Waals surface area (Å²) in [5.41, 5.74) is 4.98. The first-order valence-electron chi connectivity index (χ1n) is 10.6. The van der Waals surface area contributed by atoms with Crippen LogP contribution in [0.1, 0.15) is 55.5 Å². The van der Waals surface area contributed by atoms with Gasteiger partial charge in [0, 0.05) is 19.0 Å². The van der Waals surface area contributed by atoms with E-state index in [2.05, 4.69) is 37.4 Å². The summed E-state index contributed by atoms with van der Waals surface area (Å²) in [6.45, 7) is 9.84. The molecule has 1 heterocycles. The van der Waals surface area contributed by atoms with Crippen molar-refractivity contribution in [2.24, 2.45) is 5.10 Å². The second kappa shape index (κ2) is 8.92. The van der Waals surface area contributed by atoms with Crippen LogP contribution in [-0.4, -0.2) is 46.7 Å². The molecule has 0 aromatic heterocycles. The number of benzene rings is 2. The van der Waals surface area contributed by atoms with E-state index in [0.29, 0.717) is 6.42 Å². The van der Waals surface area contributed by atoms with E-state index < -0.39 is 0 Å². The molecule has 3 amide bonds. The second-order valence-electron chi connectivity index (χ2n) is 9.25. The Kier molecular flexibility index (Phi) is 6.48. The van der Waals surface area contributed by atoms with Crippen LogP contribution in [0.25, 0.3) is 0 Å². The van der Waals surface area contributed by atoms with Crippen LogP contribution >= 0.6 is 0 Å². The highest BCUT2D eigenvalue weighted by molar-refractivity contribution is 6.03. The van der Waals surface area contributed by atoms with Crippen LogP contribution in [0, 0.1) is 13.8 Å². The molecule has 31 heavy (non-hydrogen) atoms. The molecule has 0 saturated carbocycles. The van der Waals surface area contributed by atoms with Gasteiger partial charge in [0.1, 0.15) is 6.54 Å². The lowest BCUT2D eigenvalue weighted by Gasteiger charge is -2.27. The van der Waals surface area contributed by atoms with E-state index in [1.54, 1.807) is 12.1 Å². The minimum Gasteiger partial charge on any atom is -0.333 e. The molecule has 0 spiro atoms. The molecule has 6 nitrogen and oxygen atoms in total. The Morgan fingerprint density at radius 1 is 1.10 bits per heavy atom. The topological polar surface area (TPSA) is 65.0 Å². The molecule has 3 rings (SSSR count). The predicted molar refractivity (Wildman–Crippen MR) is 124 cm³/mol. The van der Waals surface area contributed by atoms with Crippen molar-refractivity contribution in [1.82, 2.24) is 15.2 Å². The summed E-state index contributed by atoms with van der Waals surface area (Å²) in [6.07, 6.45) is 0.635. The summed E-state index contributed by atoms with van der Waals surface area (Å²) in [7, 11) is 1.63. The molecule has 0 unspecified atom stereocenters. The Morgan fingerprint density at radius 3 is 2.39 bits per heavy atom. The number of nitrogens with one attached hydrogen (secondary N) is 1. The molecule has 0 fully saturated rings. The van der Waals surface area contributed by atoms with Crippen molar-refractivity contribution in [3.05, 3.63) is 70.8 Å². The van der Waals surface area contributed by atoms with Gasteiger partial charge in [-0.15, -0.1) is 0 Å². The van der Waals surface area contributed by atoms with Crippen molar-refractivity contribution >= 4 is 17.6 Å². The summed E-state index contributed by atoms with van der Waals surface area (Å²) >= 11 is 0. The van der Waals surface area contributed by atoms with Crippen LogP contribution in [0.5, 0.6) is 0 Å². The lowest BCUT2D eigenvalue weighted by atomic mass is 9.96. The summed E-state index contributed by atoms with van der Waals surface area (Å²) in [5, 5.41) is 9.14. The number of carbonyl (C=O) groups is 2. The van der Waals surface area contributed by atoms with E-state index in [0.717, 1.165) is 16.8 Å². The molecule has 0 saturated heterocycles. The number of rotatable bonds is 4. The highest BCUT2D eigenvalue weighted by atomic mass is 16.2. The number of carbonyl (C=O) groups excluding carboxylic acids is 2. The van der Waals surface area contributed by atoms with Crippen molar-refractivity contribution in [2.45, 2.75) is 52.6 Å². The van der Waals surface area contributed by atoms with Crippen molar-refractivity contribution < 1.29 is 9.59 Å². The Hall–Kier alpha value is -3.15. The van der Waals surface area contributed by atoms with E-state index in [9.17, 15) is 9.59 Å². The zero-order valence-corrected chi connectivity index (χ0v) is 19.3. The van der Waals surface area contributed by atoms with Gasteiger partial charge in [-0.25, -0.2) is 9.80 Å². The van der Waals surface area contributed by atoms with E-state index in [1.165, 1.54) is 16.0 Å². The minimum absolute atomic E-state index is 0.0467. The van der Waals surface area contributed by atoms with Crippen LogP contribution in [0.3, 0.4) is 0 Å². The highest BCUT2D eigenvalue weighted by Crippen LogP contribution is 2.33. The number of aryl methyl sites for hydroxylation is 2. The molecule has 6 heteroatoms. The maximum atomic E-state index is 13.2. The predicted octanol–water partition coefficient (Wildman–Crippen LogP) is 4.42. The first-order chi connectivity index (χ1) is 14.5. The van der Waals surface area contributed by atoms with E-state index in [-0.39, 0.29) is 30.1 Å². The van der Waals surface area contributed by atoms with Crippen molar-refractivity contribution in [3.8, 4) is 0 Å². The van der Waals surface area contributed by atoms with Gasteiger partial charge in [0.2, 0.25) is 0 Å². The van der Waals surface area contributed by atoms with Gasteiger partial charge >= 0.3 is 6.03 Å². The summed E-state index contributed by atoms with van der Waals surface area (Å²) in [5.74, 6) is -0.209. The average molecular weight is 421 g/mol. The van der Waals surface area contributed by atoms with Crippen LogP contribution in [0.2, 0.25) is 0 Å². The fourth-order valence-corrected chi connectivity index (χ4v) is 3.53. The first kappa shape index (κ1) is 22.5. The maximum absolute atomic E-state index is 13.2. The smallest absolute Gasteiger partial charge is 0.318 e. The van der Waals surface area contributed by atoms with E-state index in [4.69, 9.17) is 5.10 Å². The Balaban J connectivity index is 1.85. The van der Waals surface area contributed by atoms with Crippen LogP contribution < -0.4 is 5.32 Å². The van der Waals surface area contributed by atoms with Gasteiger partial charge in [0.25, 0.3) is 5.91 Å². The standard InChI is InChI=1S/C25H32N4O2/c1-17-12-13-20(14-18(17)2)21-15-22(19-10-8-7-9-11-19)29(27-21)23(30)16-28(6)24(31)26-25(3,4)5/h7-14,22H,15-16H2,1-6H3,(H,26,31)/t22-/m1/s1. The number of hydrazone groups is 1. The Labute approximate surface area is 184 Å². The summed E-state index contributed by atoms with van der Waals surface area (Å²) in [6, 6.07) is 15.7. The number of amides is 3. The van der Waals surface area contributed by atoms with Crippen LogP contribution in [-0.2, 0) is 4.79 Å². The zero-order valence-electron chi connectivity index (χ0n) is 19.3. The molecule has 1 atom stereocenters. The third kappa shape index (κ3) is 5.51. The zero-order chi connectivity index (χ0) is 22.8. The lowest BCUT2D eigenvalue weighted by Crippen LogP contribution is -2.49. The molecular formula is C25H32N4O2. The molecule has 2 aromatic rings. The van der Waals surface area contributed by atoms with E-state index >= 15 is 0 Å². The molecule has 164 valence electrons. The van der Waals surface area contributed by atoms with Gasteiger partial charge < -0.3 is 10.2 Å². The number of hydrogen-bond acceptors (Lipinski definition) is 3. The van der Waals surface area contributed by atoms with Gasteiger partial charge in [-0.2, -0.15) is 5.10 Å². The number of urea groups is 1. The average Bonchev–Trinajstić information content (AvgIpc) is 3.15. The molecule has 1 aliphatic heterocycles. The van der Waals surface area contributed by atoms with Gasteiger partial charge in [-0.05, 0) is 62.9 Å². The van der Waals surface area contributed by atoms with Gasteiger partial charge in [-0.1, -0.05) is 42.5 Å². The first-order valence-corrected chi connectivity index (χ1v) is 10.6. The number of nitrogens with zero attached hydrogens (tertiary/aromatic N) is 3. The Bertz CT molecular complexity index is 992. The summed E-state index contributed by atoms with van der Waals surface area (Å²) in [4.78, 5) is 27.0. The number of hydrogen-bond donors (Lipinski definition) is 1. The van der Waals surface area contributed by atoms with Crippen molar-refractivity contribution in [3.63, 3.8) is 0 Å². The SMILES string of the molecule is Cc1ccc(C2=NN(C(=O)CN(C)C(=O)NC(C)(C)C)[C@@H](c3ccccc3)C2)cc1C. The van der Waals surface area contributed by atoms with Crippen LogP contribution in [0.4, 0.5) is 4.79 Å². The van der Waals surface area contributed by atoms with Gasteiger partial charge in [0.05, 0.1) is 11.8 Å².